The molecule has 0 bridgehead atoms. The first kappa shape index (κ1) is 15.9. The Morgan fingerprint density at radius 2 is 2.21 bits per heavy atom. The molecule has 106 valence electrons. The predicted molar refractivity (Wildman–Crippen MR) is 79.0 cm³/mol. The third-order valence-corrected chi connectivity index (χ3v) is 4.23. The molecule has 2 N–H and O–H groups in total. The van der Waals surface area contributed by atoms with Crippen molar-refractivity contribution in [3.05, 3.63) is 29.3 Å². The lowest BCUT2D eigenvalue weighted by Crippen LogP contribution is -2.41. The van der Waals surface area contributed by atoms with Gasteiger partial charge in [-0.25, -0.2) is 0 Å². The van der Waals surface area contributed by atoms with Gasteiger partial charge in [0, 0.05) is 16.9 Å². The second kappa shape index (κ2) is 7.40. The molecule has 0 saturated heterocycles. The van der Waals surface area contributed by atoms with Gasteiger partial charge in [-0.3, -0.25) is 4.79 Å². The Balaban J connectivity index is 2.78. The lowest BCUT2D eigenvalue weighted by molar-refractivity contribution is 0.0935. The maximum Gasteiger partial charge on any atom is 0.251 e. The molecule has 1 aromatic rings. The summed E-state index contributed by atoms with van der Waals surface area (Å²) in [5, 5.41) is 12.1. The van der Waals surface area contributed by atoms with Crippen LogP contribution in [0.15, 0.2) is 18.2 Å². The molecule has 19 heavy (non-hydrogen) atoms. The van der Waals surface area contributed by atoms with Crippen molar-refractivity contribution in [1.29, 1.82) is 0 Å². The number of hydrogen-bond acceptors (Lipinski definition) is 4. The Kier molecular flexibility index (Phi) is 6.18. The van der Waals surface area contributed by atoms with Gasteiger partial charge in [0.1, 0.15) is 5.75 Å². The fourth-order valence-corrected chi connectivity index (χ4v) is 2.41. The number of thioether (sulfide) groups is 1. The number of carbonyl (C=O) groups excluding carboxylic acids is 1. The predicted octanol–water partition coefficient (Wildman–Crippen LogP) is 1.85. The van der Waals surface area contributed by atoms with Crippen LogP contribution in [0.3, 0.4) is 0 Å². The number of methoxy groups -OCH3 is 1. The first-order valence-electron chi connectivity index (χ1n) is 6.12. The summed E-state index contributed by atoms with van der Waals surface area (Å²) in [5.74, 6) is 0.544. The summed E-state index contributed by atoms with van der Waals surface area (Å²) in [5.41, 5.74) is 1.55. The molecule has 0 aliphatic heterocycles. The first-order chi connectivity index (χ1) is 9.03. The van der Waals surface area contributed by atoms with Crippen LogP contribution in [0.4, 0.5) is 0 Å². The summed E-state index contributed by atoms with van der Waals surface area (Å²) in [7, 11) is 1.59. The Morgan fingerprint density at radius 3 is 2.74 bits per heavy atom. The van der Waals surface area contributed by atoms with E-state index in [1.165, 1.54) is 11.8 Å². The minimum absolute atomic E-state index is 0.00343. The lowest BCUT2D eigenvalue weighted by atomic mass is 10.1. The summed E-state index contributed by atoms with van der Waals surface area (Å²) in [6.07, 6.45) is 1.92. The van der Waals surface area contributed by atoms with Gasteiger partial charge in [-0.1, -0.05) is 6.07 Å². The topological polar surface area (TPSA) is 58.6 Å². The fraction of sp³-hybridized carbons (Fsp3) is 0.500. The van der Waals surface area contributed by atoms with E-state index in [0.29, 0.717) is 11.3 Å². The summed E-state index contributed by atoms with van der Waals surface area (Å²) in [6.45, 7) is 3.86. The number of aliphatic hydroxyl groups is 1. The standard InChI is InChI=1S/C14H21NO3S/c1-9-5-6-11(7-12(9)18-3)14(17)15-10(2)13(8-16)19-4/h5-7,10,13,16H,8H2,1-4H3,(H,15,17). The maximum atomic E-state index is 12.1. The SMILES string of the molecule is COc1cc(C(=O)NC(C)C(CO)SC)ccc1C. The van der Waals surface area contributed by atoms with Gasteiger partial charge in [0.05, 0.1) is 13.7 Å². The highest BCUT2D eigenvalue weighted by Gasteiger charge is 2.18. The zero-order valence-corrected chi connectivity index (χ0v) is 12.6. The number of ether oxygens (including phenoxy) is 1. The molecule has 4 nitrogen and oxygen atoms in total. The van der Waals surface area contributed by atoms with Crippen LogP contribution < -0.4 is 10.1 Å². The highest BCUT2D eigenvalue weighted by Crippen LogP contribution is 2.19. The van der Waals surface area contributed by atoms with Crippen molar-refractivity contribution >= 4 is 17.7 Å². The Bertz CT molecular complexity index is 433. The molecule has 0 saturated carbocycles. The number of aryl methyl sites for hydroxylation is 1. The average Bonchev–Trinajstić information content (AvgIpc) is 2.40. The molecule has 2 atom stereocenters. The van der Waals surface area contributed by atoms with Gasteiger partial charge in [-0.05, 0) is 37.8 Å². The van der Waals surface area contributed by atoms with Gasteiger partial charge >= 0.3 is 0 Å². The van der Waals surface area contributed by atoms with E-state index in [1.807, 2.05) is 26.2 Å². The van der Waals surface area contributed by atoms with E-state index in [4.69, 9.17) is 4.74 Å². The first-order valence-corrected chi connectivity index (χ1v) is 7.41. The van der Waals surface area contributed by atoms with E-state index < -0.39 is 0 Å². The van der Waals surface area contributed by atoms with Crippen LogP contribution in [0.1, 0.15) is 22.8 Å². The third-order valence-electron chi connectivity index (χ3n) is 3.07. The Morgan fingerprint density at radius 1 is 1.53 bits per heavy atom. The van der Waals surface area contributed by atoms with Gasteiger partial charge in [0.25, 0.3) is 5.91 Å². The number of aliphatic hydroxyl groups excluding tert-OH is 1. The summed E-state index contributed by atoms with van der Waals surface area (Å²) in [6, 6.07) is 5.26. The van der Waals surface area contributed by atoms with Crippen molar-refractivity contribution < 1.29 is 14.6 Å². The number of amides is 1. The van der Waals surface area contributed by atoms with E-state index >= 15 is 0 Å². The molecule has 0 aliphatic rings. The molecule has 0 fully saturated rings. The average molecular weight is 283 g/mol. The summed E-state index contributed by atoms with van der Waals surface area (Å²) < 4.78 is 5.21. The Labute approximate surface area is 118 Å². The molecule has 0 aromatic heterocycles. The van der Waals surface area contributed by atoms with Crippen molar-refractivity contribution in [1.82, 2.24) is 5.32 Å². The number of carbonyl (C=O) groups is 1. The zero-order valence-electron chi connectivity index (χ0n) is 11.8. The van der Waals surface area contributed by atoms with Crippen molar-refractivity contribution in [3.63, 3.8) is 0 Å². The molecule has 2 unspecified atom stereocenters. The zero-order chi connectivity index (χ0) is 14.4. The van der Waals surface area contributed by atoms with Crippen LogP contribution in [-0.4, -0.2) is 42.3 Å². The van der Waals surface area contributed by atoms with Crippen molar-refractivity contribution in [2.24, 2.45) is 0 Å². The molecule has 0 spiro atoms. The van der Waals surface area contributed by atoms with Crippen molar-refractivity contribution in [2.75, 3.05) is 20.0 Å². The molecule has 1 aromatic carbocycles. The van der Waals surface area contributed by atoms with E-state index in [2.05, 4.69) is 5.32 Å². The minimum atomic E-state index is -0.154. The molecule has 0 radical (unpaired) electrons. The normalized spacial score (nSPS) is 13.7. The smallest absolute Gasteiger partial charge is 0.251 e. The van der Waals surface area contributed by atoms with Gasteiger partial charge in [-0.15, -0.1) is 0 Å². The highest BCUT2D eigenvalue weighted by atomic mass is 32.2. The fourth-order valence-electron chi connectivity index (χ4n) is 1.78. The lowest BCUT2D eigenvalue weighted by Gasteiger charge is -2.21. The maximum absolute atomic E-state index is 12.1. The van der Waals surface area contributed by atoms with Crippen LogP contribution in [0.25, 0.3) is 0 Å². The van der Waals surface area contributed by atoms with Gasteiger partial charge in [0.2, 0.25) is 0 Å². The molecule has 1 amide bonds. The van der Waals surface area contributed by atoms with Gasteiger partial charge < -0.3 is 15.2 Å². The van der Waals surface area contributed by atoms with Crippen LogP contribution in [0.5, 0.6) is 5.75 Å². The molecule has 0 heterocycles. The number of nitrogens with one attached hydrogen (secondary N) is 1. The minimum Gasteiger partial charge on any atom is -0.496 e. The second-order valence-electron chi connectivity index (χ2n) is 4.40. The van der Waals surface area contributed by atoms with Gasteiger partial charge in [-0.2, -0.15) is 11.8 Å². The second-order valence-corrected chi connectivity index (χ2v) is 5.48. The van der Waals surface area contributed by atoms with Gasteiger partial charge in [0.15, 0.2) is 0 Å². The quantitative estimate of drug-likeness (QED) is 0.836. The molecule has 5 heteroatoms. The van der Waals surface area contributed by atoms with Crippen LogP contribution in [0.2, 0.25) is 0 Å². The highest BCUT2D eigenvalue weighted by molar-refractivity contribution is 7.99. The van der Waals surface area contributed by atoms with E-state index in [-0.39, 0.29) is 23.8 Å². The van der Waals surface area contributed by atoms with E-state index in [1.54, 1.807) is 19.2 Å². The van der Waals surface area contributed by atoms with Crippen molar-refractivity contribution in [3.8, 4) is 5.75 Å². The van der Waals surface area contributed by atoms with Crippen LogP contribution >= 0.6 is 11.8 Å². The number of benzene rings is 1. The molecular weight excluding hydrogens is 262 g/mol. The monoisotopic (exact) mass is 283 g/mol. The van der Waals surface area contributed by atoms with Crippen molar-refractivity contribution in [2.45, 2.75) is 25.1 Å². The number of rotatable bonds is 6. The molecule has 1 rings (SSSR count). The summed E-state index contributed by atoms with van der Waals surface area (Å²) >= 11 is 1.54. The summed E-state index contributed by atoms with van der Waals surface area (Å²) in [4.78, 5) is 12.1. The molecule has 0 aliphatic carbocycles. The van der Waals surface area contributed by atoms with E-state index in [0.717, 1.165) is 5.56 Å². The van der Waals surface area contributed by atoms with Crippen LogP contribution in [-0.2, 0) is 0 Å². The third kappa shape index (κ3) is 4.14. The van der Waals surface area contributed by atoms with E-state index in [9.17, 15) is 9.90 Å². The largest absolute Gasteiger partial charge is 0.496 e. The number of hydrogen-bond donors (Lipinski definition) is 2. The Hall–Kier alpha value is -1.20. The van der Waals surface area contributed by atoms with Crippen LogP contribution in [0, 0.1) is 6.92 Å². The molecular formula is C14H21NO3S.